The van der Waals surface area contributed by atoms with Crippen LogP contribution in [-0.4, -0.2) is 72.1 Å². The number of amides is 1. The van der Waals surface area contributed by atoms with Crippen LogP contribution in [0.5, 0.6) is 11.5 Å². The monoisotopic (exact) mass is 447 g/mol. The summed E-state index contributed by atoms with van der Waals surface area (Å²) in [7, 11) is 3.23. The molecule has 0 spiro atoms. The predicted molar refractivity (Wildman–Crippen MR) is 127 cm³/mol. The summed E-state index contributed by atoms with van der Waals surface area (Å²) in [4.78, 5) is 26.6. The molecule has 1 saturated heterocycles. The second-order valence-corrected chi connectivity index (χ2v) is 8.94. The Kier molecular flexibility index (Phi) is 6.31. The minimum Gasteiger partial charge on any atom is -0.493 e. The second-order valence-electron chi connectivity index (χ2n) is 8.94. The van der Waals surface area contributed by atoms with Gasteiger partial charge in [0.2, 0.25) is 0 Å². The van der Waals surface area contributed by atoms with Crippen LogP contribution in [0.3, 0.4) is 0 Å². The number of hydrogen-bond acceptors (Lipinski definition) is 6. The van der Waals surface area contributed by atoms with Gasteiger partial charge in [0.05, 0.1) is 31.3 Å². The molecule has 2 fully saturated rings. The first-order valence-corrected chi connectivity index (χ1v) is 11.8. The third kappa shape index (κ3) is 4.34. The Labute approximate surface area is 195 Å². The molecule has 7 nitrogen and oxygen atoms in total. The minimum absolute atomic E-state index is 0.135. The summed E-state index contributed by atoms with van der Waals surface area (Å²) in [6, 6.07) is 4.51. The third-order valence-electron chi connectivity index (χ3n) is 7.14. The molecule has 2 aliphatic carbocycles. The van der Waals surface area contributed by atoms with Gasteiger partial charge in [0.25, 0.3) is 5.91 Å². The smallest absolute Gasteiger partial charge is 0.253 e. The number of benzene rings is 1. The molecular weight excluding hydrogens is 416 g/mol. The SMILES string of the molecule is COc1cc2ncnc([C]3C=CC(C(=O)N4CCN(C5CCCC5)CC4)=CC3)c2cc1OC. The van der Waals surface area contributed by atoms with Gasteiger partial charge in [0.15, 0.2) is 11.5 Å². The quantitative estimate of drug-likeness (QED) is 0.698. The molecule has 2 heterocycles. The summed E-state index contributed by atoms with van der Waals surface area (Å²) >= 11 is 0. The summed E-state index contributed by atoms with van der Waals surface area (Å²) < 4.78 is 10.9. The number of carbonyl (C=O) groups excluding carboxylic acids is 1. The summed E-state index contributed by atoms with van der Waals surface area (Å²) in [5, 5.41) is 0.904. The van der Waals surface area contributed by atoms with Crippen LogP contribution in [0, 0.1) is 5.92 Å². The maximum Gasteiger partial charge on any atom is 0.253 e. The predicted octanol–water partition coefficient (Wildman–Crippen LogP) is 3.54. The van der Waals surface area contributed by atoms with Crippen LogP contribution in [0.2, 0.25) is 0 Å². The van der Waals surface area contributed by atoms with Gasteiger partial charge in [-0.05, 0) is 25.3 Å². The van der Waals surface area contributed by atoms with Gasteiger partial charge in [-0.2, -0.15) is 0 Å². The van der Waals surface area contributed by atoms with Crippen molar-refractivity contribution in [1.82, 2.24) is 19.8 Å². The van der Waals surface area contributed by atoms with Crippen molar-refractivity contribution >= 4 is 16.8 Å². The highest BCUT2D eigenvalue weighted by Gasteiger charge is 2.29. The number of allylic oxidation sites excluding steroid dienone is 2. The lowest BCUT2D eigenvalue weighted by Crippen LogP contribution is -2.51. The molecule has 1 amide bonds. The van der Waals surface area contributed by atoms with E-state index in [1.54, 1.807) is 20.5 Å². The number of hydrogen-bond donors (Lipinski definition) is 0. The first-order valence-electron chi connectivity index (χ1n) is 11.8. The largest absolute Gasteiger partial charge is 0.493 e. The third-order valence-corrected chi connectivity index (χ3v) is 7.14. The zero-order chi connectivity index (χ0) is 22.8. The van der Waals surface area contributed by atoms with Gasteiger partial charge in [-0.1, -0.05) is 31.1 Å². The Bertz CT molecular complexity index is 1080. The molecule has 0 unspecified atom stereocenters. The first-order chi connectivity index (χ1) is 16.2. The lowest BCUT2D eigenvalue weighted by Gasteiger charge is -2.38. The van der Waals surface area contributed by atoms with Crippen LogP contribution < -0.4 is 9.47 Å². The molecule has 1 radical (unpaired) electrons. The average molecular weight is 448 g/mol. The van der Waals surface area contributed by atoms with Crippen molar-refractivity contribution in [3.63, 3.8) is 0 Å². The first kappa shape index (κ1) is 21.9. The number of nitrogens with zero attached hydrogens (tertiary/aromatic N) is 4. The van der Waals surface area contributed by atoms with Gasteiger partial charge >= 0.3 is 0 Å². The number of fused-ring (bicyclic) bond motifs is 1. The maximum atomic E-state index is 13.1. The number of piperazine rings is 1. The molecule has 33 heavy (non-hydrogen) atoms. The van der Waals surface area contributed by atoms with E-state index < -0.39 is 0 Å². The van der Waals surface area contributed by atoms with Crippen molar-refractivity contribution in [2.24, 2.45) is 0 Å². The van der Waals surface area contributed by atoms with Crippen LogP contribution in [0.15, 0.2) is 42.3 Å². The van der Waals surface area contributed by atoms with Crippen molar-refractivity contribution in [1.29, 1.82) is 0 Å². The number of rotatable bonds is 5. The molecule has 3 aliphatic rings. The summed E-state index contributed by atoms with van der Waals surface area (Å²) in [5.74, 6) is 2.47. The molecule has 173 valence electrons. The van der Waals surface area contributed by atoms with Crippen LogP contribution in [-0.2, 0) is 4.79 Å². The van der Waals surface area contributed by atoms with E-state index >= 15 is 0 Å². The van der Waals surface area contributed by atoms with Gasteiger partial charge in [0, 0.05) is 49.2 Å². The standard InChI is InChI=1S/C26H31N4O3/c1-32-23-15-21-22(16-24(23)33-2)27-17-28-25(21)18-7-9-19(10-8-18)26(31)30-13-11-29(12-14-30)20-5-3-4-6-20/h7,9-10,15-17,20H,3-6,8,11-14H2,1-2H3. The fourth-order valence-electron chi connectivity index (χ4n) is 5.26. The number of carbonyl (C=O) groups is 1. The molecular formula is C26H31N4O3. The molecule has 7 heteroatoms. The van der Waals surface area contributed by atoms with Crippen LogP contribution >= 0.6 is 0 Å². The Morgan fingerprint density at radius 2 is 1.70 bits per heavy atom. The number of aromatic nitrogens is 2. The lowest BCUT2D eigenvalue weighted by molar-refractivity contribution is -0.128. The van der Waals surface area contributed by atoms with Crippen molar-refractivity contribution in [2.75, 3.05) is 40.4 Å². The van der Waals surface area contributed by atoms with Gasteiger partial charge < -0.3 is 14.4 Å². The average Bonchev–Trinajstić information content (AvgIpc) is 3.42. The molecule has 1 aromatic heterocycles. The molecule has 2 aromatic rings. The van der Waals surface area contributed by atoms with E-state index in [0.29, 0.717) is 17.9 Å². The molecule has 0 atom stereocenters. The van der Waals surface area contributed by atoms with Gasteiger partial charge in [0.1, 0.15) is 6.33 Å². The Morgan fingerprint density at radius 3 is 2.36 bits per heavy atom. The lowest BCUT2D eigenvalue weighted by atomic mass is 9.91. The van der Waals surface area contributed by atoms with Crippen molar-refractivity contribution in [3.05, 3.63) is 53.9 Å². The van der Waals surface area contributed by atoms with Gasteiger partial charge in [-0.25, -0.2) is 9.97 Å². The highest BCUT2D eigenvalue weighted by atomic mass is 16.5. The van der Waals surface area contributed by atoms with Crippen LogP contribution in [0.1, 0.15) is 37.8 Å². The van der Waals surface area contributed by atoms with Crippen molar-refractivity contribution < 1.29 is 14.3 Å². The van der Waals surface area contributed by atoms with Gasteiger partial charge in [-0.15, -0.1) is 0 Å². The van der Waals surface area contributed by atoms with E-state index in [-0.39, 0.29) is 5.91 Å². The molecule has 1 saturated carbocycles. The summed E-state index contributed by atoms with van der Waals surface area (Å²) in [6.07, 6.45) is 13.5. The molecule has 5 rings (SSSR count). The normalized spacial score (nSPS) is 20.3. The van der Waals surface area contributed by atoms with Gasteiger partial charge in [-0.3, -0.25) is 9.69 Å². The number of methoxy groups -OCH3 is 2. The molecule has 1 aromatic carbocycles. The van der Waals surface area contributed by atoms with E-state index in [2.05, 4.69) is 14.9 Å². The Hall–Kier alpha value is -2.93. The fraction of sp³-hybridized carbons (Fsp3) is 0.462. The van der Waals surface area contributed by atoms with E-state index in [0.717, 1.165) is 60.3 Å². The van der Waals surface area contributed by atoms with Crippen LogP contribution in [0.25, 0.3) is 10.9 Å². The van der Waals surface area contributed by atoms with E-state index in [1.165, 1.54) is 25.7 Å². The second kappa shape index (κ2) is 9.51. The van der Waals surface area contributed by atoms with Crippen molar-refractivity contribution in [3.8, 4) is 11.5 Å². The molecule has 0 N–H and O–H groups in total. The maximum absolute atomic E-state index is 13.1. The fourth-order valence-corrected chi connectivity index (χ4v) is 5.26. The zero-order valence-electron chi connectivity index (χ0n) is 19.4. The Balaban J connectivity index is 1.27. The summed E-state index contributed by atoms with van der Waals surface area (Å²) in [6.45, 7) is 3.61. The van der Waals surface area contributed by atoms with Crippen LogP contribution in [0.4, 0.5) is 0 Å². The molecule has 1 aliphatic heterocycles. The Morgan fingerprint density at radius 1 is 0.970 bits per heavy atom. The minimum atomic E-state index is 0.135. The highest BCUT2D eigenvalue weighted by Crippen LogP contribution is 2.36. The van der Waals surface area contributed by atoms with Crippen molar-refractivity contribution in [2.45, 2.75) is 38.1 Å². The topological polar surface area (TPSA) is 67.8 Å². The zero-order valence-corrected chi connectivity index (χ0v) is 19.4. The number of ether oxygens (including phenoxy) is 2. The van der Waals surface area contributed by atoms with E-state index in [9.17, 15) is 4.79 Å². The van der Waals surface area contributed by atoms with E-state index in [4.69, 9.17) is 9.47 Å². The molecule has 0 bridgehead atoms. The van der Waals surface area contributed by atoms with E-state index in [1.807, 2.05) is 35.3 Å². The summed E-state index contributed by atoms with van der Waals surface area (Å²) in [5.41, 5.74) is 2.42. The highest BCUT2D eigenvalue weighted by molar-refractivity contribution is 5.97.